The molecular weight excluding hydrogens is 311 g/mol. The van der Waals surface area contributed by atoms with E-state index in [0.717, 1.165) is 0 Å². The quantitative estimate of drug-likeness (QED) is 0.804. The fourth-order valence-corrected chi connectivity index (χ4v) is 2.95. The molecule has 0 bridgehead atoms. The summed E-state index contributed by atoms with van der Waals surface area (Å²) >= 11 is 12.3. The van der Waals surface area contributed by atoms with Gasteiger partial charge in [0.1, 0.15) is 15.9 Å². The highest BCUT2D eigenvalue weighted by Gasteiger charge is 2.69. The van der Waals surface area contributed by atoms with Gasteiger partial charge in [0, 0.05) is 6.20 Å². The highest BCUT2D eigenvalue weighted by Crippen LogP contribution is 2.64. The van der Waals surface area contributed by atoms with E-state index in [9.17, 15) is 4.79 Å². The second-order valence-corrected chi connectivity index (χ2v) is 6.86. The molecule has 4 nitrogen and oxygen atoms in total. The molecule has 1 fully saturated rings. The van der Waals surface area contributed by atoms with Crippen molar-refractivity contribution in [3.8, 4) is 0 Å². The van der Waals surface area contributed by atoms with Gasteiger partial charge in [-0.05, 0) is 37.6 Å². The highest BCUT2D eigenvalue weighted by molar-refractivity contribution is 6.53. The molecule has 0 spiro atoms. The molecule has 1 aliphatic rings. The van der Waals surface area contributed by atoms with Gasteiger partial charge in [-0.15, -0.1) is 23.2 Å². The number of nitrogens with zero attached hydrogens (tertiary/aromatic N) is 2. The Morgan fingerprint density at radius 2 is 2.14 bits per heavy atom. The first-order valence-corrected chi connectivity index (χ1v) is 7.33. The summed E-state index contributed by atoms with van der Waals surface area (Å²) < 4.78 is 4.32. The van der Waals surface area contributed by atoms with Gasteiger partial charge in [0.2, 0.25) is 5.91 Å². The van der Waals surface area contributed by atoms with Crippen LogP contribution in [0, 0.1) is 5.41 Å². The van der Waals surface area contributed by atoms with Crippen LogP contribution in [-0.2, 0) is 11.3 Å². The Morgan fingerprint density at radius 1 is 1.38 bits per heavy atom. The summed E-state index contributed by atoms with van der Waals surface area (Å²) in [5, 5.41) is 0. The summed E-state index contributed by atoms with van der Waals surface area (Å²) in [6.45, 7) is 2.07. The first-order chi connectivity index (χ1) is 9.94. The molecule has 0 N–H and O–H groups in total. The third kappa shape index (κ3) is 2.54. The molecule has 0 aromatic carbocycles. The largest absolute Gasteiger partial charge is 0.467 e. The van der Waals surface area contributed by atoms with Gasteiger partial charge >= 0.3 is 0 Å². The van der Waals surface area contributed by atoms with Crippen molar-refractivity contribution in [2.24, 2.45) is 5.41 Å². The molecule has 0 radical (unpaired) electrons. The Hall–Kier alpha value is -1.52. The maximum absolute atomic E-state index is 12.8. The fraction of sp³-hybridized carbons (Fsp3) is 0.333. The Bertz CT molecular complexity index is 643. The fourth-order valence-electron chi connectivity index (χ4n) is 2.26. The number of pyridine rings is 1. The molecule has 0 saturated heterocycles. The van der Waals surface area contributed by atoms with Crippen molar-refractivity contribution >= 4 is 34.9 Å². The molecule has 2 aromatic heterocycles. The molecule has 0 aliphatic heterocycles. The van der Waals surface area contributed by atoms with E-state index < -0.39 is 9.75 Å². The summed E-state index contributed by atoms with van der Waals surface area (Å²) in [6.07, 6.45) is 3.65. The van der Waals surface area contributed by atoms with E-state index in [-0.39, 0.29) is 5.91 Å². The lowest BCUT2D eigenvalue weighted by Gasteiger charge is -2.24. The van der Waals surface area contributed by atoms with Gasteiger partial charge in [-0.1, -0.05) is 6.07 Å². The molecule has 3 rings (SSSR count). The predicted molar refractivity (Wildman–Crippen MR) is 81.3 cm³/mol. The van der Waals surface area contributed by atoms with E-state index in [1.165, 1.54) is 0 Å². The molecule has 1 atom stereocenters. The zero-order valence-corrected chi connectivity index (χ0v) is 12.9. The lowest BCUT2D eigenvalue weighted by molar-refractivity contribution is -0.123. The smallest absolute Gasteiger partial charge is 0.237 e. The zero-order valence-electron chi connectivity index (χ0n) is 11.4. The van der Waals surface area contributed by atoms with Crippen LogP contribution in [0.4, 0.5) is 5.82 Å². The van der Waals surface area contributed by atoms with Crippen LogP contribution >= 0.6 is 23.2 Å². The topological polar surface area (TPSA) is 46.3 Å². The number of hydrogen-bond acceptors (Lipinski definition) is 3. The summed E-state index contributed by atoms with van der Waals surface area (Å²) in [4.78, 5) is 18.7. The molecule has 1 amide bonds. The minimum Gasteiger partial charge on any atom is -0.467 e. The van der Waals surface area contributed by atoms with Crippen LogP contribution in [-0.4, -0.2) is 15.2 Å². The summed E-state index contributed by atoms with van der Waals surface area (Å²) in [6, 6.07) is 8.99. The number of alkyl halides is 2. The van der Waals surface area contributed by atoms with Crippen LogP contribution in [0.15, 0.2) is 47.2 Å². The highest BCUT2D eigenvalue weighted by atomic mass is 35.5. The minimum atomic E-state index is -1.01. The van der Waals surface area contributed by atoms with Crippen molar-refractivity contribution in [1.82, 2.24) is 4.98 Å². The number of hydrogen-bond donors (Lipinski definition) is 0. The predicted octanol–water partition coefficient (Wildman–Crippen LogP) is 3.79. The Balaban J connectivity index is 1.92. The maximum Gasteiger partial charge on any atom is 0.237 e. The van der Waals surface area contributed by atoms with Gasteiger partial charge < -0.3 is 4.42 Å². The molecular formula is C15H14Cl2N2O2. The Morgan fingerprint density at radius 3 is 2.67 bits per heavy atom. The van der Waals surface area contributed by atoms with Crippen molar-refractivity contribution in [2.75, 3.05) is 4.90 Å². The summed E-state index contributed by atoms with van der Waals surface area (Å²) in [5.74, 6) is 1.08. The number of carbonyl (C=O) groups is 1. The molecule has 1 aliphatic carbocycles. The lowest BCUT2D eigenvalue weighted by atomic mass is 10.1. The van der Waals surface area contributed by atoms with E-state index in [0.29, 0.717) is 24.5 Å². The number of aromatic nitrogens is 1. The van der Waals surface area contributed by atoms with Crippen LogP contribution < -0.4 is 4.90 Å². The minimum absolute atomic E-state index is 0.150. The third-order valence-electron chi connectivity index (χ3n) is 3.79. The first kappa shape index (κ1) is 14.4. The van der Waals surface area contributed by atoms with Crippen LogP contribution in [0.2, 0.25) is 0 Å². The van der Waals surface area contributed by atoms with Gasteiger partial charge in [-0.3, -0.25) is 9.69 Å². The lowest BCUT2D eigenvalue weighted by Crippen LogP contribution is -2.38. The molecule has 2 aromatic rings. The first-order valence-electron chi connectivity index (χ1n) is 6.57. The average molecular weight is 325 g/mol. The number of rotatable bonds is 4. The van der Waals surface area contributed by atoms with Crippen LogP contribution in [0.5, 0.6) is 0 Å². The molecule has 21 heavy (non-hydrogen) atoms. The summed E-state index contributed by atoms with van der Waals surface area (Å²) in [5.41, 5.74) is -0.791. The van der Waals surface area contributed by atoms with Crippen molar-refractivity contribution in [3.05, 3.63) is 48.6 Å². The number of anilines is 1. The maximum atomic E-state index is 12.8. The van der Waals surface area contributed by atoms with Gasteiger partial charge in [0.05, 0.1) is 18.2 Å². The van der Waals surface area contributed by atoms with Crippen molar-refractivity contribution in [2.45, 2.75) is 24.2 Å². The van der Waals surface area contributed by atoms with E-state index in [4.69, 9.17) is 27.6 Å². The average Bonchev–Trinajstić information content (AvgIpc) is 2.85. The second kappa shape index (κ2) is 5.04. The van der Waals surface area contributed by atoms with Crippen LogP contribution in [0.3, 0.4) is 0 Å². The standard InChI is InChI=1S/C15H14Cl2N2O2/c1-14(10-15(14,16)17)13(20)19(9-11-5-4-8-21-11)12-6-2-3-7-18-12/h2-8H,9-10H2,1H3/t14-/m0/s1. The van der Waals surface area contributed by atoms with E-state index >= 15 is 0 Å². The van der Waals surface area contributed by atoms with Crippen molar-refractivity contribution in [3.63, 3.8) is 0 Å². The molecule has 2 heterocycles. The molecule has 6 heteroatoms. The van der Waals surface area contributed by atoms with Gasteiger partial charge in [-0.2, -0.15) is 0 Å². The van der Waals surface area contributed by atoms with E-state index in [1.54, 1.807) is 42.5 Å². The number of furan rings is 1. The number of halogens is 2. The second-order valence-electron chi connectivity index (χ2n) is 5.37. The molecule has 0 unspecified atom stereocenters. The van der Waals surface area contributed by atoms with Crippen LogP contribution in [0.25, 0.3) is 0 Å². The van der Waals surface area contributed by atoms with Gasteiger partial charge in [0.25, 0.3) is 0 Å². The van der Waals surface area contributed by atoms with Crippen molar-refractivity contribution < 1.29 is 9.21 Å². The van der Waals surface area contributed by atoms with Crippen LogP contribution in [0.1, 0.15) is 19.1 Å². The Kier molecular flexibility index (Phi) is 3.46. The Labute approximate surface area is 132 Å². The number of carbonyl (C=O) groups excluding carboxylic acids is 1. The monoisotopic (exact) mass is 324 g/mol. The van der Waals surface area contributed by atoms with Crippen molar-refractivity contribution in [1.29, 1.82) is 0 Å². The van der Waals surface area contributed by atoms with Gasteiger partial charge in [-0.25, -0.2) is 4.98 Å². The molecule has 110 valence electrons. The normalized spacial score (nSPS) is 22.8. The van der Waals surface area contributed by atoms with E-state index in [2.05, 4.69) is 4.98 Å². The zero-order chi connectivity index (χ0) is 15.1. The molecule has 1 saturated carbocycles. The third-order valence-corrected chi connectivity index (χ3v) is 4.90. The summed E-state index contributed by atoms with van der Waals surface area (Å²) in [7, 11) is 0. The SMILES string of the molecule is C[C@@]1(C(=O)N(Cc2ccco2)c2ccccn2)CC1(Cl)Cl. The van der Waals surface area contributed by atoms with Gasteiger partial charge in [0.15, 0.2) is 0 Å². The van der Waals surface area contributed by atoms with E-state index in [1.807, 2.05) is 12.1 Å². The number of amides is 1.